The molecule has 2 unspecified atom stereocenters. The third-order valence-corrected chi connectivity index (χ3v) is 4.45. The molecule has 2 aromatic rings. The maximum Gasteiger partial charge on any atom is 0.207 e. The zero-order chi connectivity index (χ0) is 14.7. The molecule has 2 atom stereocenters. The number of para-hydroxylation sites is 1. The second kappa shape index (κ2) is 6.39. The quantitative estimate of drug-likeness (QED) is 0.939. The van der Waals surface area contributed by atoms with Gasteiger partial charge >= 0.3 is 0 Å². The Morgan fingerprint density at radius 2 is 2.19 bits per heavy atom. The summed E-state index contributed by atoms with van der Waals surface area (Å²) >= 11 is 0. The second-order valence-electron chi connectivity index (χ2n) is 6.17. The Hall–Kier alpha value is -1.68. The molecule has 1 fully saturated rings. The fraction of sp³-hybridized carbons (Fsp3) is 0.529. The van der Waals surface area contributed by atoms with Gasteiger partial charge in [0.1, 0.15) is 0 Å². The smallest absolute Gasteiger partial charge is 0.207 e. The standard InChI is InChI=1S/C17H23N3O/c1-13-5-4-6-14(11-13)18-9-10-20-16-8-3-2-7-15(16)17(21)12-19-20/h2-3,7-8,12-14,18H,4-6,9-11H2,1H3. The maximum atomic E-state index is 11.8. The number of fused-ring (bicyclic) bond motifs is 1. The van der Waals surface area contributed by atoms with E-state index >= 15 is 0 Å². The molecule has 0 aliphatic heterocycles. The summed E-state index contributed by atoms with van der Waals surface area (Å²) in [5, 5.41) is 8.66. The molecule has 1 heterocycles. The fourth-order valence-corrected chi connectivity index (χ4v) is 3.33. The summed E-state index contributed by atoms with van der Waals surface area (Å²) in [4.78, 5) is 11.8. The molecule has 1 saturated carbocycles. The Morgan fingerprint density at radius 1 is 1.33 bits per heavy atom. The van der Waals surface area contributed by atoms with Gasteiger partial charge in [-0.15, -0.1) is 0 Å². The van der Waals surface area contributed by atoms with Gasteiger partial charge in [0, 0.05) is 18.0 Å². The van der Waals surface area contributed by atoms with Crippen LogP contribution in [0.1, 0.15) is 32.6 Å². The number of aromatic nitrogens is 2. The van der Waals surface area contributed by atoms with Crippen molar-refractivity contribution in [2.45, 2.75) is 45.2 Å². The molecular weight excluding hydrogens is 262 g/mol. The molecule has 1 aliphatic rings. The molecule has 1 aromatic heterocycles. The Kier molecular flexibility index (Phi) is 4.34. The van der Waals surface area contributed by atoms with E-state index in [4.69, 9.17) is 0 Å². The molecule has 4 nitrogen and oxygen atoms in total. The van der Waals surface area contributed by atoms with Crippen molar-refractivity contribution in [2.24, 2.45) is 5.92 Å². The van der Waals surface area contributed by atoms with Crippen molar-refractivity contribution >= 4 is 10.9 Å². The highest BCUT2D eigenvalue weighted by molar-refractivity contribution is 5.77. The van der Waals surface area contributed by atoms with Crippen LogP contribution in [0.2, 0.25) is 0 Å². The van der Waals surface area contributed by atoms with Crippen molar-refractivity contribution in [3.8, 4) is 0 Å². The number of hydrogen-bond donors (Lipinski definition) is 1. The molecule has 0 radical (unpaired) electrons. The normalized spacial score (nSPS) is 22.5. The van der Waals surface area contributed by atoms with Crippen LogP contribution in [-0.4, -0.2) is 22.4 Å². The number of hydrogen-bond acceptors (Lipinski definition) is 3. The fourth-order valence-electron chi connectivity index (χ4n) is 3.33. The predicted molar refractivity (Wildman–Crippen MR) is 85.4 cm³/mol. The lowest BCUT2D eigenvalue weighted by atomic mass is 9.87. The van der Waals surface area contributed by atoms with Gasteiger partial charge in [0.2, 0.25) is 5.43 Å². The van der Waals surface area contributed by atoms with Gasteiger partial charge in [-0.3, -0.25) is 9.48 Å². The van der Waals surface area contributed by atoms with Crippen LogP contribution in [0.25, 0.3) is 10.9 Å². The first kappa shape index (κ1) is 14.3. The van der Waals surface area contributed by atoms with E-state index in [1.54, 1.807) is 0 Å². The Bertz CT molecular complexity index is 664. The third kappa shape index (κ3) is 3.32. The summed E-state index contributed by atoms with van der Waals surface area (Å²) in [6.45, 7) is 4.04. The highest BCUT2D eigenvalue weighted by Crippen LogP contribution is 2.23. The average molecular weight is 285 g/mol. The van der Waals surface area contributed by atoms with Crippen molar-refractivity contribution in [1.29, 1.82) is 0 Å². The third-order valence-electron chi connectivity index (χ3n) is 4.45. The number of benzene rings is 1. The molecule has 1 aliphatic carbocycles. The zero-order valence-electron chi connectivity index (χ0n) is 12.6. The molecule has 1 aromatic carbocycles. The van der Waals surface area contributed by atoms with Gasteiger partial charge in [-0.1, -0.05) is 31.9 Å². The van der Waals surface area contributed by atoms with Crippen LogP contribution in [0.3, 0.4) is 0 Å². The molecule has 0 amide bonds. The van der Waals surface area contributed by atoms with E-state index < -0.39 is 0 Å². The molecule has 1 N–H and O–H groups in total. The Balaban J connectivity index is 1.66. The van der Waals surface area contributed by atoms with Crippen LogP contribution in [0.4, 0.5) is 0 Å². The first-order chi connectivity index (χ1) is 10.2. The lowest BCUT2D eigenvalue weighted by Gasteiger charge is -2.27. The maximum absolute atomic E-state index is 11.8. The van der Waals surface area contributed by atoms with E-state index in [0.717, 1.165) is 29.9 Å². The highest BCUT2D eigenvalue weighted by Gasteiger charge is 2.17. The van der Waals surface area contributed by atoms with Crippen LogP contribution in [0.5, 0.6) is 0 Å². The molecule has 0 bridgehead atoms. The molecular formula is C17H23N3O. The first-order valence-electron chi connectivity index (χ1n) is 7.92. The zero-order valence-corrected chi connectivity index (χ0v) is 12.6. The minimum atomic E-state index is -0.00378. The van der Waals surface area contributed by atoms with E-state index in [-0.39, 0.29) is 5.43 Å². The summed E-state index contributed by atoms with van der Waals surface area (Å²) in [6, 6.07) is 8.32. The van der Waals surface area contributed by atoms with Gasteiger partial charge in [0.05, 0.1) is 18.3 Å². The highest BCUT2D eigenvalue weighted by atomic mass is 16.1. The van der Waals surface area contributed by atoms with Gasteiger partial charge in [0.15, 0.2) is 0 Å². The van der Waals surface area contributed by atoms with E-state index in [2.05, 4.69) is 17.3 Å². The van der Waals surface area contributed by atoms with E-state index in [0.29, 0.717) is 6.04 Å². The summed E-state index contributed by atoms with van der Waals surface area (Å²) in [6.07, 6.45) is 6.67. The summed E-state index contributed by atoms with van der Waals surface area (Å²) in [5.41, 5.74) is 0.916. The van der Waals surface area contributed by atoms with Crippen molar-refractivity contribution < 1.29 is 0 Å². The van der Waals surface area contributed by atoms with Crippen LogP contribution in [0.15, 0.2) is 35.3 Å². The van der Waals surface area contributed by atoms with Crippen LogP contribution >= 0.6 is 0 Å². The molecule has 4 heteroatoms. The summed E-state index contributed by atoms with van der Waals surface area (Å²) in [7, 11) is 0. The van der Waals surface area contributed by atoms with Gasteiger partial charge in [-0.25, -0.2) is 0 Å². The van der Waals surface area contributed by atoms with Gasteiger partial charge in [-0.05, 0) is 30.9 Å². The summed E-state index contributed by atoms with van der Waals surface area (Å²) < 4.78 is 1.93. The lowest BCUT2D eigenvalue weighted by molar-refractivity contribution is 0.298. The van der Waals surface area contributed by atoms with Crippen molar-refractivity contribution in [1.82, 2.24) is 15.1 Å². The van der Waals surface area contributed by atoms with Crippen LogP contribution in [-0.2, 0) is 6.54 Å². The van der Waals surface area contributed by atoms with Crippen LogP contribution in [0, 0.1) is 5.92 Å². The van der Waals surface area contributed by atoms with E-state index in [9.17, 15) is 4.79 Å². The second-order valence-corrected chi connectivity index (χ2v) is 6.17. The Morgan fingerprint density at radius 3 is 3.05 bits per heavy atom. The average Bonchev–Trinajstić information content (AvgIpc) is 2.50. The monoisotopic (exact) mass is 285 g/mol. The van der Waals surface area contributed by atoms with Gasteiger partial charge < -0.3 is 5.32 Å². The first-order valence-corrected chi connectivity index (χ1v) is 7.92. The van der Waals surface area contributed by atoms with Crippen molar-refractivity contribution in [3.63, 3.8) is 0 Å². The largest absolute Gasteiger partial charge is 0.312 e. The minimum Gasteiger partial charge on any atom is -0.312 e. The molecule has 3 rings (SSSR count). The van der Waals surface area contributed by atoms with Crippen molar-refractivity contribution in [2.75, 3.05) is 6.54 Å². The minimum absolute atomic E-state index is 0.00378. The van der Waals surface area contributed by atoms with Gasteiger partial charge in [-0.2, -0.15) is 5.10 Å². The molecule has 0 saturated heterocycles. The van der Waals surface area contributed by atoms with Crippen LogP contribution < -0.4 is 10.7 Å². The topological polar surface area (TPSA) is 46.9 Å². The number of nitrogens with one attached hydrogen (secondary N) is 1. The SMILES string of the molecule is CC1CCCC(NCCn2ncc(=O)c3ccccc32)C1. The molecule has 21 heavy (non-hydrogen) atoms. The lowest BCUT2D eigenvalue weighted by Crippen LogP contribution is -2.35. The van der Waals surface area contributed by atoms with E-state index in [1.807, 2.05) is 28.9 Å². The molecule has 0 spiro atoms. The number of rotatable bonds is 4. The number of nitrogens with zero attached hydrogens (tertiary/aromatic N) is 2. The predicted octanol–water partition coefficient (Wildman–Crippen LogP) is 2.56. The summed E-state index contributed by atoms with van der Waals surface area (Å²) in [5.74, 6) is 0.836. The van der Waals surface area contributed by atoms with Crippen molar-refractivity contribution in [3.05, 3.63) is 40.7 Å². The van der Waals surface area contributed by atoms with Gasteiger partial charge in [0.25, 0.3) is 0 Å². The van der Waals surface area contributed by atoms with E-state index in [1.165, 1.54) is 31.9 Å². The molecule has 112 valence electrons. The Labute approximate surface area is 125 Å².